The van der Waals surface area contributed by atoms with Crippen LogP contribution in [0.4, 0.5) is 5.00 Å². The summed E-state index contributed by atoms with van der Waals surface area (Å²) in [6.45, 7) is 4.40. The molecule has 0 aromatic carbocycles. The first-order chi connectivity index (χ1) is 17.3. The van der Waals surface area contributed by atoms with Gasteiger partial charge in [-0.2, -0.15) is 0 Å². The van der Waals surface area contributed by atoms with E-state index in [9.17, 15) is 14.4 Å². The predicted octanol–water partition coefficient (Wildman–Crippen LogP) is 3.76. The maximum absolute atomic E-state index is 13.5. The lowest BCUT2D eigenvalue weighted by Crippen LogP contribution is -2.33. The number of aromatic nitrogens is 3. The number of esters is 1. The van der Waals surface area contributed by atoms with Gasteiger partial charge < -0.3 is 14.6 Å². The highest BCUT2D eigenvalue weighted by Crippen LogP contribution is 2.38. The summed E-state index contributed by atoms with van der Waals surface area (Å²) in [7, 11) is 1.33. The molecule has 9 nitrogen and oxygen atoms in total. The summed E-state index contributed by atoms with van der Waals surface area (Å²) in [5.41, 5.74) is 1.84. The van der Waals surface area contributed by atoms with Crippen molar-refractivity contribution < 1.29 is 14.3 Å². The van der Waals surface area contributed by atoms with Crippen LogP contribution in [0.1, 0.15) is 57.8 Å². The molecule has 1 aliphatic rings. The number of nitrogens with zero attached hydrogens (tertiary/aromatic N) is 3. The van der Waals surface area contributed by atoms with Crippen molar-refractivity contribution in [3.8, 4) is 0 Å². The smallest absolute Gasteiger partial charge is 0.341 e. The normalized spacial score (nSPS) is 13.2. The van der Waals surface area contributed by atoms with Crippen LogP contribution < -0.4 is 16.4 Å². The maximum atomic E-state index is 13.5. The standard InChI is InChI=1S/C26H27N5O4S/c1-14(2)13-31-21(27)16(12-17-22(31)28-19-10-6-7-11-30(19)25(17)33)23(32)29-24-20(26(34)35-3)15-8-4-5-9-18(15)36-24/h6-7,10-12,14,27H,4-5,8-9,13H2,1-3H3,(H,29,32). The molecule has 186 valence electrons. The fraction of sp³-hybridized carbons (Fsp3) is 0.346. The fourth-order valence-corrected chi connectivity index (χ4v) is 6.02. The molecular weight excluding hydrogens is 478 g/mol. The van der Waals surface area contributed by atoms with Crippen molar-refractivity contribution in [3.63, 3.8) is 0 Å². The lowest BCUT2D eigenvalue weighted by Gasteiger charge is -2.16. The fourth-order valence-electron chi connectivity index (χ4n) is 4.75. The van der Waals surface area contributed by atoms with Gasteiger partial charge in [0.25, 0.3) is 11.5 Å². The van der Waals surface area contributed by atoms with E-state index in [1.165, 1.54) is 28.9 Å². The van der Waals surface area contributed by atoms with Gasteiger partial charge in [0, 0.05) is 17.6 Å². The number of carbonyl (C=O) groups is 2. The maximum Gasteiger partial charge on any atom is 0.341 e. The van der Waals surface area contributed by atoms with E-state index >= 15 is 0 Å². The predicted molar refractivity (Wildman–Crippen MR) is 138 cm³/mol. The molecule has 0 saturated heterocycles. The van der Waals surface area contributed by atoms with E-state index in [1.807, 2.05) is 13.8 Å². The number of anilines is 1. The number of hydrogen-bond donors (Lipinski definition) is 2. The summed E-state index contributed by atoms with van der Waals surface area (Å²) < 4.78 is 8.05. The first-order valence-corrected chi connectivity index (χ1v) is 12.8. The molecule has 0 radical (unpaired) electrons. The van der Waals surface area contributed by atoms with Gasteiger partial charge in [-0.05, 0) is 55.4 Å². The second-order valence-electron chi connectivity index (χ2n) is 9.35. The zero-order chi connectivity index (χ0) is 25.6. The van der Waals surface area contributed by atoms with Gasteiger partial charge >= 0.3 is 5.97 Å². The number of pyridine rings is 2. The summed E-state index contributed by atoms with van der Waals surface area (Å²) >= 11 is 1.38. The largest absolute Gasteiger partial charge is 0.465 e. The average Bonchev–Trinajstić information content (AvgIpc) is 3.23. The number of hydrogen-bond acceptors (Lipinski definition) is 7. The Hall–Kier alpha value is -3.79. The van der Waals surface area contributed by atoms with Gasteiger partial charge in [0.05, 0.1) is 23.6 Å². The van der Waals surface area contributed by atoms with Crippen LogP contribution in [0.3, 0.4) is 0 Å². The van der Waals surface area contributed by atoms with Crippen molar-refractivity contribution in [2.45, 2.75) is 46.1 Å². The Balaban J connectivity index is 1.67. The molecule has 5 rings (SSSR count). The minimum absolute atomic E-state index is 0.0400. The third kappa shape index (κ3) is 4.01. The number of nitrogens with one attached hydrogen (secondary N) is 2. The van der Waals surface area contributed by atoms with Gasteiger partial charge in [-0.3, -0.25) is 19.4 Å². The number of rotatable bonds is 5. The van der Waals surface area contributed by atoms with Gasteiger partial charge in [-0.15, -0.1) is 11.3 Å². The van der Waals surface area contributed by atoms with Crippen LogP contribution in [-0.2, 0) is 24.1 Å². The van der Waals surface area contributed by atoms with E-state index in [1.54, 1.807) is 29.0 Å². The molecule has 4 aromatic heterocycles. The van der Waals surface area contributed by atoms with E-state index in [0.717, 1.165) is 36.1 Å². The molecule has 1 amide bonds. The minimum atomic E-state index is -0.555. The third-order valence-electron chi connectivity index (χ3n) is 6.40. The van der Waals surface area contributed by atoms with Crippen LogP contribution in [0.15, 0.2) is 35.3 Å². The summed E-state index contributed by atoms with van der Waals surface area (Å²) in [4.78, 5) is 45.2. The molecule has 0 atom stereocenters. The minimum Gasteiger partial charge on any atom is -0.465 e. The van der Waals surface area contributed by atoms with Crippen LogP contribution >= 0.6 is 11.3 Å². The van der Waals surface area contributed by atoms with Crippen molar-refractivity contribution >= 4 is 44.9 Å². The SMILES string of the molecule is COC(=O)c1c(NC(=O)c2cc3c(=O)n4ccccc4nc3n(CC(C)C)c2=N)sc2c1CCCC2. The average molecular weight is 506 g/mol. The molecular formula is C26H27N5O4S. The van der Waals surface area contributed by atoms with Gasteiger partial charge in [-0.1, -0.05) is 19.9 Å². The van der Waals surface area contributed by atoms with Gasteiger partial charge in [0.15, 0.2) is 0 Å². The Morgan fingerprint density at radius 2 is 2.03 bits per heavy atom. The lowest BCUT2D eigenvalue weighted by molar-refractivity contribution is 0.0601. The number of thiophene rings is 1. The molecule has 4 aromatic rings. The van der Waals surface area contributed by atoms with Gasteiger partial charge in [0.1, 0.15) is 21.8 Å². The Labute approximate surface area is 210 Å². The van der Waals surface area contributed by atoms with Gasteiger partial charge in [-0.25, -0.2) is 9.78 Å². The number of methoxy groups -OCH3 is 1. The number of ether oxygens (including phenoxy) is 1. The molecule has 1 aliphatic carbocycles. The van der Waals surface area contributed by atoms with Crippen LogP contribution in [0, 0.1) is 11.3 Å². The van der Waals surface area contributed by atoms with E-state index in [-0.39, 0.29) is 27.9 Å². The Morgan fingerprint density at radius 1 is 1.25 bits per heavy atom. The quantitative estimate of drug-likeness (QED) is 0.316. The van der Waals surface area contributed by atoms with E-state index < -0.39 is 11.9 Å². The highest BCUT2D eigenvalue weighted by atomic mass is 32.1. The number of amides is 1. The molecule has 0 fully saturated rings. The van der Waals surface area contributed by atoms with Crippen molar-refractivity contribution in [2.24, 2.45) is 5.92 Å². The van der Waals surface area contributed by atoms with E-state index in [4.69, 9.17) is 10.1 Å². The topological polar surface area (TPSA) is 119 Å². The number of fused-ring (bicyclic) bond motifs is 3. The molecule has 4 heterocycles. The lowest BCUT2D eigenvalue weighted by atomic mass is 9.95. The summed E-state index contributed by atoms with van der Waals surface area (Å²) in [5, 5.41) is 12.4. The van der Waals surface area contributed by atoms with Crippen LogP contribution in [0.5, 0.6) is 0 Å². The molecule has 0 saturated carbocycles. The Kier molecular flexibility index (Phi) is 6.21. The summed E-state index contributed by atoms with van der Waals surface area (Å²) in [5.74, 6) is -0.898. The summed E-state index contributed by atoms with van der Waals surface area (Å²) in [6.07, 6.45) is 5.25. The van der Waals surface area contributed by atoms with Crippen molar-refractivity contribution in [1.29, 1.82) is 5.41 Å². The number of aryl methyl sites for hydroxylation is 1. The zero-order valence-electron chi connectivity index (χ0n) is 20.4. The molecule has 36 heavy (non-hydrogen) atoms. The Bertz CT molecular complexity index is 1650. The zero-order valence-corrected chi connectivity index (χ0v) is 21.2. The Morgan fingerprint density at radius 3 is 2.78 bits per heavy atom. The van der Waals surface area contributed by atoms with Crippen molar-refractivity contribution in [2.75, 3.05) is 12.4 Å². The van der Waals surface area contributed by atoms with E-state index in [0.29, 0.717) is 28.4 Å². The highest BCUT2D eigenvalue weighted by Gasteiger charge is 2.28. The molecule has 10 heteroatoms. The third-order valence-corrected chi connectivity index (χ3v) is 7.61. The monoisotopic (exact) mass is 505 g/mol. The molecule has 0 aliphatic heterocycles. The second kappa shape index (κ2) is 9.34. The molecule has 2 N–H and O–H groups in total. The van der Waals surface area contributed by atoms with Crippen molar-refractivity contribution in [1.82, 2.24) is 14.0 Å². The molecule has 0 unspecified atom stereocenters. The van der Waals surface area contributed by atoms with Crippen LogP contribution in [0.2, 0.25) is 0 Å². The first-order valence-electron chi connectivity index (χ1n) is 11.9. The first kappa shape index (κ1) is 23.9. The van der Waals surface area contributed by atoms with E-state index in [2.05, 4.69) is 10.3 Å². The number of carbonyl (C=O) groups excluding carboxylic acids is 2. The van der Waals surface area contributed by atoms with Crippen LogP contribution in [0.25, 0.3) is 16.7 Å². The van der Waals surface area contributed by atoms with Crippen molar-refractivity contribution in [3.05, 3.63) is 67.9 Å². The van der Waals surface area contributed by atoms with Gasteiger partial charge in [0.2, 0.25) is 0 Å². The molecule has 0 spiro atoms. The second-order valence-corrected chi connectivity index (χ2v) is 10.5. The highest BCUT2D eigenvalue weighted by molar-refractivity contribution is 7.17. The summed E-state index contributed by atoms with van der Waals surface area (Å²) in [6, 6.07) is 6.70. The van der Waals surface area contributed by atoms with Crippen LogP contribution in [-0.4, -0.2) is 32.9 Å². The molecule has 0 bridgehead atoms.